The molecule has 2 aliphatic rings. The van der Waals surface area contributed by atoms with Crippen molar-refractivity contribution in [2.45, 2.75) is 18.8 Å². The molecule has 8 nitrogen and oxygen atoms in total. The third-order valence-corrected chi connectivity index (χ3v) is 7.16. The monoisotopic (exact) mass is 486 g/mol. The quantitative estimate of drug-likeness (QED) is 0.572. The van der Waals surface area contributed by atoms with E-state index < -0.39 is 6.03 Å². The van der Waals surface area contributed by atoms with Gasteiger partial charge in [-0.2, -0.15) is 0 Å². The molecule has 0 bridgehead atoms. The minimum absolute atomic E-state index is 0.177. The van der Waals surface area contributed by atoms with E-state index in [-0.39, 0.29) is 12.5 Å². The van der Waals surface area contributed by atoms with Crippen LogP contribution in [0.15, 0.2) is 36.4 Å². The molecule has 1 fully saturated rings. The molecule has 2 aliphatic heterocycles. The predicted octanol–water partition coefficient (Wildman–Crippen LogP) is 4.25. The Bertz CT molecular complexity index is 1190. The van der Waals surface area contributed by atoms with Gasteiger partial charge in [0.05, 0.1) is 21.8 Å². The highest BCUT2D eigenvalue weighted by Crippen LogP contribution is 2.35. The summed E-state index contributed by atoms with van der Waals surface area (Å²) in [5, 5.41) is 6.87. The Morgan fingerprint density at radius 3 is 2.70 bits per heavy atom. The number of likely N-dealkylation sites (tertiary alicyclic amines) is 1. The summed E-state index contributed by atoms with van der Waals surface area (Å²) >= 11 is 7.78. The molecule has 3 heterocycles. The van der Waals surface area contributed by atoms with Crippen molar-refractivity contribution in [3.8, 4) is 11.5 Å². The van der Waals surface area contributed by atoms with Gasteiger partial charge in [-0.15, -0.1) is 11.3 Å². The number of thiazole rings is 1. The number of urea groups is 1. The summed E-state index contributed by atoms with van der Waals surface area (Å²) < 4.78 is 12.1. The number of carbonyl (C=O) groups is 2. The number of carbonyl (C=O) groups excluding carboxylic acids is 2. The predicted molar refractivity (Wildman–Crippen MR) is 128 cm³/mol. The van der Waals surface area contributed by atoms with Crippen molar-refractivity contribution in [3.63, 3.8) is 0 Å². The second-order valence-electron chi connectivity index (χ2n) is 8.08. The second kappa shape index (κ2) is 9.54. The molecule has 0 radical (unpaired) electrons. The fourth-order valence-corrected chi connectivity index (χ4v) is 5.37. The molecule has 3 amide bonds. The number of hydrogen-bond acceptors (Lipinski definition) is 7. The summed E-state index contributed by atoms with van der Waals surface area (Å²) in [6, 6.07) is 10.3. The minimum Gasteiger partial charge on any atom is -0.486 e. The van der Waals surface area contributed by atoms with Crippen LogP contribution in [0.5, 0.6) is 11.5 Å². The Morgan fingerprint density at radius 1 is 1.09 bits per heavy atom. The van der Waals surface area contributed by atoms with Crippen molar-refractivity contribution in [2.75, 3.05) is 38.2 Å². The van der Waals surface area contributed by atoms with Crippen molar-refractivity contribution in [1.82, 2.24) is 15.2 Å². The van der Waals surface area contributed by atoms with E-state index in [4.69, 9.17) is 26.1 Å². The number of anilines is 1. The molecular formula is C23H23ClN4O4S. The zero-order chi connectivity index (χ0) is 22.8. The van der Waals surface area contributed by atoms with E-state index in [2.05, 4.69) is 15.5 Å². The Morgan fingerprint density at radius 2 is 1.88 bits per heavy atom. The van der Waals surface area contributed by atoms with Gasteiger partial charge in [0.1, 0.15) is 13.2 Å². The van der Waals surface area contributed by atoms with E-state index in [1.54, 1.807) is 29.5 Å². The first-order valence-electron chi connectivity index (χ1n) is 10.8. The lowest BCUT2D eigenvalue weighted by molar-refractivity contribution is -0.121. The lowest BCUT2D eigenvalue weighted by atomic mass is 9.97. The largest absolute Gasteiger partial charge is 0.486 e. The number of nitrogens with zero attached hydrogens (tertiary/aromatic N) is 2. The van der Waals surface area contributed by atoms with Crippen molar-refractivity contribution in [3.05, 3.63) is 46.4 Å². The maximum Gasteiger partial charge on any atom is 0.325 e. The highest BCUT2D eigenvalue weighted by atomic mass is 35.5. The zero-order valence-corrected chi connectivity index (χ0v) is 19.4. The number of ether oxygens (including phenoxy) is 2. The fourth-order valence-electron chi connectivity index (χ4n) is 4.08. The van der Waals surface area contributed by atoms with Gasteiger partial charge in [0, 0.05) is 22.7 Å². The summed E-state index contributed by atoms with van der Waals surface area (Å²) in [5.41, 5.74) is 1.47. The number of hydrogen-bond donors (Lipinski definition) is 2. The topological polar surface area (TPSA) is 92.8 Å². The van der Waals surface area contributed by atoms with E-state index >= 15 is 0 Å². The van der Waals surface area contributed by atoms with Crippen molar-refractivity contribution in [1.29, 1.82) is 0 Å². The van der Waals surface area contributed by atoms with E-state index in [0.29, 0.717) is 41.3 Å². The van der Waals surface area contributed by atoms with Gasteiger partial charge >= 0.3 is 6.03 Å². The highest BCUT2D eigenvalue weighted by molar-refractivity contribution is 7.18. The molecule has 33 heavy (non-hydrogen) atoms. The molecule has 0 atom stereocenters. The van der Waals surface area contributed by atoms with Crippen LogP contribution in [0.1, 0.15) is 23.8 Å². The number of aromatic nitrogens is 1. The SMILES string of the molecule is O=C(CN1CCC(c2nc3cc(Cl)ccc3s2)CC1)NC(=O)Nc1ccc2c(c1)OCCO2. The first kappa shape index (κ1) is 21.9. The van der Waals surface area contributed by atoms with Crippen LogP contribution in [-0.4, -0.2) is 54.7 Å². The van der Waals surface area contributed by atoms with Crippen LogP contribution in [-0.2, 0) is 4.79 Å². The average molecular weight is 487 g/mol. The van der Waals surface area contributed by atoms with Crippen LogP contribution >= 0.6 is 22.9 Å². The molecule has 5 rings (SSSR count). The van der Waals surface area contributed by atoms with E-state index in [0.717, 1.165) is 41.2 Å². The fraction of sp³-hybridized carbons (Fsp3) is 0.348. The summed E-state index contributed by atoms with van der Waals surface area (Å²) in [4.78, 5) is 31.4. The van der Waals surface area contributed by atoms with Gasteiger partial charge in [0.2, 0.25) is 5.91 Å². The zero-order valence-electron chi connectivity index (χ0n) is 17.8. The molecule has 172 valence electrons. The van der Waals surface area contributed by atoms with Crippen LogP contribution in [0.3, 0.4) is 0 Å². The number of piperidine rings is 1. The van der Waals surface area contributed by atoms with E-state index in [1.165, 1.54) is 0 Å². The number of benzene rings is 2. The highest BCUT2D eigenvalue weighted by Gasteiger charge is 2.25. The van der Waals surface area contributed by atoms with E-state index in [9.17, 15) is 9.59 Å². The van der Waals surface area contributed by atoms with Gasteiger partial charge in [-0.1, -0.05) is 11.6 Å². The molecule has 0 aliphatic carbocycles. The first-order chi connectivity index (χ1) is 16.0. The normalized spacial score (nSPS) is 16.5. The lowest BCUT2D eigenvalue weighted by Gasteiger charge is -2.30. The molecule has 2 N–H and O–H groups in total. The van der Waals surface area contributed by atoms with Gasteiger partial charge in [-0.25, -0.2) is 9.78 Å². The second-order valence-corrected chi connectivity index (χ2v) is 9.57. The van der Waals surface area contributed by atoms with Gasteiger partial charge in [0.25, 0.3) is 0 Å². The molecule has 1 aromatic heterocycles. The molecule has 2 aromatic carbocycles. The average Bonchev–Trinajstić information content (AvgIpc) is 3.22. The molecule has 0 spiro atoms. The summed E-state index contributed by atoms with van der Waals surface area (Å²) in [6.45, 7) is 2.69. The third-order valence-electron chi connectivity index (χ3n) is 5.72. The standard InChI is InChI=1S/C23H23ClN4O4S/c24-15-1-4-20-17(11-15)26-22(33-20)14-5-7-28(8-6-14)13-21(29)27-23(30)25-16-2-3-18-19(12-16)32-10-9-31-18/h1-4,11-12,14H,5-10,13H2,(H2,25,27,29,30). The molecule has 0 saturated carbocycles. The van der Waals surface area contributed by atoms with Gasteiger partial charge in [-0.3, -0.25) is 15.0 Å². The van der Waals surface area contributed by atoms with Crippen LogP contribution in [0, 0.1) is 0 Å². The first-order valence-corrected chi connectivity index (χ1v) is 12.0. The smallest absolute Gasteiger partial charge is 0.325 e. The van der Waals surface area contributed by atoms with Crippen molar-refractivity contribution in [2.24, 2.45) is 0 Å². The maximum atomic E-state index is 12.4. The third kappa shape index (κ3) is 5.21. The van der Waals surface area contributed by atoms with Gasteiger partial charge in [-0.05, 0) is 56.3 Å². The van der Waals surface area contributed by atoms with Crippen LogP contribution < -0.4 is 20.1 Å². The lowest BCUT2D eigenvalue weighted by Crippen LogP contribution is -2.44. The Labute approximate surface area is 199 Å². The summed E-state index contributed by atoms with van der Waals surface area (Å²) in [6.07, 6.45) is 1.84. The van der Waals surface area contributed by atoms with Crippen LogP contribution in [0.2, 0.25) is 5.02 Å². The maximum absolute atomic E-state index is 12.4. The molecular weight excluding hydrogens is 464 g/mol. The molecule has 3 aromatic rings. The Balaban J connectivity index is 1.09. The van der Waals surface area contributed by atoms with Crippen molar-refractivity contribution < 1.29 is 19.1 Å². The molecule has 0 unspecified atom stereocenters. The number of halogens is 1. The minimum atomic E-state index is -0.570. The van der Waals surface area contributed by atoms with Crippen LogP contribution in [0.25, 0.3) is 10.2 Å². The molecule has 10 heteroatoms. The molecule has 1 saturated heterocycles. The summed E-state index contributed by atoms with van der Waals surface area (Å²) in [7, 11) is 0. The van der Waals surface area contributed by atoms with Crippen molar-refractivity contribution >= 4 is 50.8 Å². The van der Waals surface area contributed by atoms with E-state index in [1.807, 2.05) is 18.2 Å². The Kier molecular flexibility index (Phi) is 6.34. The van der Waals surface area contributed by atoms with Crippen LogP contribution in [0.4, 0.5) is 10.5 Å². The summed E-state index contributed by atoms with van der Waals surface area (Å²) in [5.74, 6) is 1.25. The number of amides is 3. The number of imide groups is 1. The van der Waals surface area contributed by atoms with Gasteiger partial charge in [0.15, 0.2) is 11.5 Å². The number of nitrogens with one attached hydrogen (secondary N) is 2. The number of rotatable bonds is 4. The number of fused-ring (bicyclic) bond motifs is 2. The van der Waals surface area contributed by atoms with Gasteiger partial charge < -0.3 is 14.8 Å². The Hall–Kier alpha value is -2.88.